The minimum Gasteiger partial charge on any atom is -0.481 e. The lowest BCUT2D eigenvalue weighted by molar-refractivity contribution is -0.311. The Morgan fingerprint density at radius 3 is 2.35 bits per heavy atom. The van der Waals surface area contributed by atoms with Gasteiger partial charge in [-0.15, -0.1) is 0 Å². The van der Waals surface area contributed by atoms with Gasteiger partial charge < -0.3 is 40.1 Å². The number of carbonyl (C=O) groups is 1. The number of ether oxygens (including phenoxy) is 2. The highest BCUT2D eigenvalue weighted by Gasteiger charge is 2.48. The lowest BCUT2D eigenvalue weighted by atomic mass is 9.82. The molecule has 9 atom stereocenters. The number of carboxylic acid groups (broad SMARTS) is 1. The number of hydrogen-bond acceptors (Lipinski definition) is 8. The third kappa shape index (κ3) is 3.66. The van der Waals surface area contributed by atoms with E-state index >= 15 is 0 Å². The van der Waals surface area contributed by atoms with Crippen molar-refractivity contribution in [2.75, 3.05) is 6.61 Å². The van der Waals surface area contributed by atoms with Crippen LogP contribution in [0.4, 0.5) is 0 Å². The summed E-state index contributed by atoms with van der Waals surface area (Å²) in [6.45, 7) is 0.983. The molecule has 0 aromatic rings. The van der Waals surface area contributed by atoms with Crippen molar-refractivity contribution in [3.8, 4) is 0 Å². The third-order valence-electron chi connectivity index (χ3n) is 4.70. The topological polar surface area (TPSA) is 157 Å². The van der Waals surface area contributed by atoms with Gasteiger partial charge in [0.15, 0.2) is 6.29 Å². The molecule has 2 aliphatic rings. The second-order valence-corrected chi connectivity index (χ2v) is 6.25. The normalized spacial score (nSPS) is 48.2. The van der Waals surface area contributed by atoms with Crippen LogP contribution in [0.25, 0.3) is 0 Å². The molecule has 2 rings (SSSR count). The fourth-order valence-electron chi connectivity index (χ4n) is 3.11. The molecule has 0 bridgehead atoms. The smallest absolute Gasteiger partial charge is 0.309 e. The number of rotatable bonds is 4. The van der Waals surface area contributed by atoms with Crippen molar-refractivity contribution in [3.05, 3.63) is 0 Å². The largest absolute Gasteiger partial charge is 0.481 e. The van der Waals surface area contributed by atoms with Gasteiger partial charge in [0.25, 0.3) is 0 Å². The quantitative estimate of drug-likeness (QED) is 0.331. The summed E-state index contributed by atoms with van der Waals surface area (Å²) in [5.41, 5.74) is 0. The van der Waals surface area contributed by atoms with Crippen molar-refractivity contribution in [1.82, 2.24) is 0 Å². The van der Waals surface area contributed by atoms with E-state index in [1.54, 1.807) is 0 Å². The van der Waals surface area contributed by atoms with Gasteiger partial charge in [-0.05, 0) is 12.8 Å². The lowest BCUT2D eigenvalue weighted by Gasteiger charge is -2.44. The predicted octanol–water partition coefficient (Wildman–Crippen LogP) is -2.34. The molecule has 9 heteroatoms. The van der Waals surface area contributed by atoms with Crippen molar-refractivity contribution < 1.29 is 44.9 Å². The zero-order valence-electron chi connectivity index (χ0n) is 12.7. The number of hydrogen-bond donors (Lipinski definition) is 6. The number of aliphatic hydroxyl groups excluding tert-OH is 5. The number of aliphatic carboxylic acids is 1. The molecule has 23 heavy (non-hydrogen) atoms. The maximum Gasteiger partial charge on any atom is 0.309 e. The number of aliphatic hydroxyl groups is 5. The van der Waals surface area contributed by atoms with E-state index in [0.29, 0.717) is 0 Å². The van der Waals surface area contributed by atoms with Crippen LogP contribution in [0.3, 0.4) is 0 Å². The van der Waals surface area contributed by atoms with Crippen LogP contribution in [0, 0.1) is 11.8 Å². The molecule has 0 spiro atoms. The van der Waals surface area contributed by atoms with Crippen LogP contribution in [-0.4, -0.2) is 86.1 Å². The van der Waals surface area contributed by atoms with E-state index in [1.165, 1.54) is 6.92 Å². The Morgan fingerprint density at radius 2 is 1.78 bits per heavy atom. The summed E-state index contributed by atoms with van der Waals surface area (Å²) in [5, 5.41) is 58.0. The monoisotopic (exact) mass is 336 g/mol. The summed E-state index contributed by atoms with van der Waals surface area (Å²) in [7, 11) is 0. The average molecular weight is 336 g/mol. The molecule has 1 heterocycles. The zero-order chi connectivity index (χ0) is 17.3. The van der Waals surface area contributed by atoms with Gasteiger partial charge in [0.1, 0.15) is 24.4 Å². The summed E-state index contributed by atoms with van der Waals surface area (Å²) >= 11 is 0. The van der Waals surface area contributed by atoms with Crippen LogP contribution in [-0.2, 0) is 14.3 Å². The Hall–Kier alpha value is -0.810. The first-order chi connectivity index (χ1) is 10.8. The highest BCUT2D eigenvalue weighted by molar-refractivity contribution is 5.71. The predicted molar refractivity (Wildman–Crippen MR) is 74.2 cm³/mol. The fourth-order valence-corrected chi connectivity index (χ4v) is 3.11. The van der Waals surface area contributed by atoms with E-state index in [0.717, 1.165) is 0 Å². The van der Waals surface area contributed by atoms with Gasteiger partial charge in [0.05, 0.1) is 24.7 Å². The Morgan fingerprint density at radius 1 is 1.13 bits per heavy atom. The van der Waals surface area contributed by atoms with Gasteiger partial charge >= 0.3 is 5.97 Å². The molecule has 0 radical (unpaired) electrons. The Kier molecular flexibility index (Phi) is 5.95. The summed E-state index contributed by atoms with van der Waals surface area (Å²) in [5.74, 6) is -2.90. The molecule has 0 amide bonds. The molecular weight excluding hydrogens is 312 g/mol. The van der Waals surface area contributed by atoms with Gasteiger partial charge in [-0.3, -0.25) is 4.79 Å². The van der Waals surface area contributed by atoms with Crippen LogP contribution in [0.1, 0.15) is 19.8 Å². The van der Waals surface area contributed by atoms with E-state index in [9.17, 15) is 35.4 Å². The van der Waals surface area contributed by atoms with Crippen LogP contribution in [0.15, 0.2) is 0 Å². The van der Waals surface area contributed by atoms with E-state index < -0.39 is 67.3 Å². The first-order valence-corrected chi connectivity index (χ1v) is 7.64. The summed E-state index contributed by atoms with van der Waals surface area (Å²) in [6.07, 6.45) is -8.21. The standard InChI is InChI=1S/C14H24O9/c1-5-9(17)11(19)8(4-15)22-14(5)23-12-6(13(20)21)2-3-7(16)10(12)18/h5-12,14-19H,2-4H2,1H3,(H,20,21)/t5?,6?,7?,8?,9-,10-,11-,12-,14-/m1/s1. The van der Waals surface area contributed by atoms with Crippen LogP contribution >= 0.6 is 0 Å². The van der Waals surface area contributed by atoms with Gasteiger partial charge in [-0.25, -0.2) is 0 Å². The average Bonchev–Trinajstić information content (AvgIpc) is 2.51. The third-order valence-corrected chi connectivity index (χ3v) is 4.70. The van der Waals surface area contributed by atoms with Crippen LogP contribution < -0.4 is 0 Å². The second kappa shape index (κ2) is 7.39. The molecule has 0 aromatic heterocycles. The molecule has 1 saturated heterocycles. The van der Waals surface area contributed by atoms with Crippen LogP contribution in [0.2, 0.25) is 0 Å². The van der Waals surface area contributed by atoms with Gasteiger partial charge in [-0.1, -0.05) is 6.92 Å². The zero-order valence-corrected chi connectivity index (χ0v) is 12.7. The van der Waals surface area contributed by atoms with Crippen molar-refractivity contribution in [1.29, 1.82) is 0 Å². The summed E-state index contributed by atoms with van der Waals surface area (Å²) < 4.78 is 10.9. The van der Waals surface area contributed by atoms with Crippen molar-refractivity contribution >= 4 is 5.97 Å². The highest BCUT2D eigenvalue weighted by atomic mass is 16.7. The maximum atomic E-state index is 11.3. The summed E-state index contributed by atoms with van der Waals surface area (Å²) in [4.78, 5) is 11.3. The second-order valence-electron chi connectivity index (χ2n) is 6.25. The molecule has 0 aromatic carbocycles. The molecule has 134 valence electrons. The minimum atomic E-state index is -1.41. The van der Waals surface area contributed by atoms with Crippen LogP contribution in [0.5, 0.6) is 0 Å². The maximum absolute atomic E-state index is 11.3. The van der Waals surface area contributed by atoms with Gasteiger partial charge in [0.2, 0.25) is 0 Å². The molecule has 4 unspecified atom stereocenters. The Labute approximate surface area is 133 Å². The van der Waals surface area contributed by atoms with E-state index in [-0.39, 0.29) is 12.8 Å². The lowest BCUT2D eigenvalue weighted by Crippen LogP contribution is -2.59. The molecular formula is C14H24O9. The van der Waals surface area contributed by atoms with Crippen molar-refractivity contribution in [3.63, 3.8) is 0 Å². The van der Waals surface area contributed by atoms with Gasteiger partial charge in [0, 0.05) is 5.92 Å². The molecule has 6 N–H and O–H groups in total. The Bertz CT molecular complexity index is 415. The molecule has 1 aliphatic carbocycles. The van der Waals surface area contributed by atoms with E-state index in [2.05, 4.69) is 0 Å². The molecule has 1 aliphatic heterocycles. The molecule has 9 nitrogen and oxygen atoms in total. The van der Waals surface area contributed by atoms with Gasteiger partial charge in [-0.2, -0.15) is 0 Å². The van der Waals surface area contributed by atoms with E-state index in [4.69, 9.17) is 9.47 Å². The van der Waals surface area contributed by atoms with Crippen molar-refractivity contribution in [2.45, 2.75) is 62.7 Å². The highest BCUT2D eigenvalue weighted by Crippen LogP contribution is 2.33. The summed E-state index contributed by atoms with van der Waals surface area (Å²) in [6, 6.07) is 0. The first kappa shape index (κ1) is 18.5. The fraction of sp³-hybridized carbons (Fsp3) is 0.929. The number of carboxylic acids is 1. The van der Waals surface area contributed by atoms with E-state index in [1.807, 2.05) is 0 Å². The van der Waals surface area contributed by atoms with Crippen molar-refractivity contribution in [2.24, 2.45) is 11.8 Å². The minimum absolute atomic E-state index is 0.133. The SMILES string of the molecule is CC1[C@@H](O[C@@H]2C(C(=O)O)CCC(O)[C@H]2O)OC(CO)[C@@H](O)[C@@H]1O. The molecule has 1 saturated carbocycles. The first-order valence-electron chi connectivity index (χ1n) is 7.64. The molecule has 2 fully saturated rings. The Balaban J connectivity index is 2.15.